The Kier molecular flexibility index (Phi) is 2.04. The third-order valence-electron chi connectivity index (χ3n) is 1.66. The molecule has 1 nitrogen and oxygen atoms in total. The van der Waals surface area contributed by atoms with E-state index in [-0.39, 0.29) is 0 Å². The van der Waals surface area contributed by atoms with Crippen molar-refractivity contribution in [1.82, 2.24) is 0 Å². The highest BCUT2D eigenvalue weighted by Crippen LogP contribution is 2.10. The molecule has 1 rings (SSSR count). The zero-order chi connectivity index (χ0) is 6.69. The molecule has 1 aliphatic rings. The van der Waals surface area contributed by atoms with Gasteiger partial charge in [0, 0.05) is 12.3 Å². The van der Waals surface area contributed by atoms with Gasteiger partial charge in [-0.05, 0) is 25.8 Å². The lowest BCUT2D eigenvalue weighted by Crippen LogP contribution is -1.99. The van der Waals surface area contributed by atoms with Crippen molar-refractivity contribution in [3.63, 3.8) is 0 Å². The van der Waals surface area contributed by atoms with Gasteiger partial charge >= 0.3 is 0 Å². The Morgan fingerprint density at radius 1 is 1.67 bits per heavy atom. The third kappa shape index (κ3) is 1.67. The van der Waals surface area contributed by atoms with E-state index in [1.807, 2.05) is 0 Å². The average Bonchev–Trinajstić information content (AvgIpc) is 1.88. The Bertz CT molecular complexity index is 154. The van der Waals surface area contributed by atoms with Gasteiger partial charge in [0.25, 0.3) is 0 Å². The first-order chi connectivity index (χ1) is 4.33. The molecule has 0 spiro atoms. The van der Waals surface area contributed by atoms with E-state index < -0.39 is 0 Å². The lowest BCUT2D eigenvalue weighted by molar-refractivity contribution is 0.881. The van der Waals surface area contributed by atoms with Gasteiger partial charge in [0.1, 0.15) is 0 Å². The van der Waals surface area contributed by atoms with Crippen LogP contribution in [-0.4, -0.2) is 12.3 Å². The highest BCUT2D eigenvalue weighted by molar-refractivity contribution is 5.93. The molecule has 0 aromatic rings. The molecule has 0 unspecified atom stereocenters. The molecular formula is C8H13N. The molecule has 0 aliphatic carbocycles. The topological polar surface area (TPSA) is 12.4 Å². The molecule has 1 heteroatoms. The van der Waals surface area contributed by atoms with Gasteiger partial charge in [-0.25, -0.2) is 0 Å². The molecule has 1 heterocycles. The lowest BCUT2D eigenvalue weighted by atomic mass is 10.1. The summed E-state index contributed by atoms with van der Waals surface area (Å²) < 4.78 is 0. The van der Waals surface area contributed by atoms with Crippen molar-refractivity contribution in [3.05, 3.63) is 11.6 Å². The maximum absolute atomic E-state index is 4.27. The Morgan fingerprint density at radius 3 is 2.89 bits per heavy atom. The van der Waals surface area contributed by atoms with Crippen LogP contribution in [0.25, 0.3) is 0 Å². The van der Waals surface area contributed by atoms with E-state index >= 15 is 0 Å². The molecule has 50 valence electrons. The standard InChI is InChI=1S/C8H13N/c1-3-8-4-5-9-7(2)6-8/h6H,3-5H2,1-2H3. The van der Waals surface area contributed by atoms with Gasteiger partial charge in [-0.3, -0.25) is 4.99 Å². The van der Waals surface area contributed by atoms with E-state index in [1.54, 1.807) is 5.57 Å². The molecule has 0 aromatic heterocycles. The summed E-state index contributed by atoms with van der Waals surface area (Å²) in [5.41, 5.74) is 2.74. The van der Waals surface area contributed by atoms with Crippen molar-refractivity contribution in [2.75, 3.05) is 6.54 Å². The molecule has 1 aliphatic heterocycles. The SMILES string of the molecule is CCC1=CC(C)=NCC1. The summed E-state index contributed by atoms with van der Waals surface area (Å²) in [7, 11) is 0. The average molecular weight is 123 g/mol. The number of hydrogen-bond acceptors (Lipinski definition) is 1. The fraction of sp³-hybridized carbons (Fsp3) is 0.625. The van der Waals surface area contributed by atoms with Gasteiger partial charge < -0.3 is 0 Å². The highest BCUT2D eigenvalue weighted by atomic mass is 14.7. The van der Waals surface area contributed by atoms with E-state index in [2.05, 4.69) is 24.9 Å². The zero-order valence-electron chi connectivity index (χ0n) is 6.15. The highest BCUT2D eigenvalue weighted by Gasteiger charge is 1.99. The second-order valence-electron chi connectivity index (χ2n) is 2.43. The smallest absolute Gasteiger partial charge is 0.0429 e. The molecule has 0 N–H and O–H groups in total. The second kappa shape index (κ2) is 2.81. The third-order valence-corrected chi connectivity index (χ3v) is 1.66. The van der Waals surface area contributed by atoms with Crippen LogP contribution in [0.4, 0.5) is 0 Å². The first-order valence-corrected chi connectivity index (χ1v) is 3.53. The van der Waals surface area contributed by atoms with Crippen LogP contribution in [0, 0.1) is 0 Å². The lowest BCUT2D eigenvalue weighted by Gasteiger charge is -2.07. The minimum atomic E-state index is 1.01. The maximum Gasteiger partial charge on any atom is 0.0429 e. The minimum absolute atomic E-state index is 1.01. The Balaban J connectivity index is 2.63. The zero-order valence-corrected chi connectivity index (χ0v) is 6.15. The summed E-state index contributed by atoms with van der Waals surface area (Å²) in [6.07, 6.45) is 4.56. The summed E-state index contributed by atoms with van der Waals surface area (Å²) >= 11 is 0. The van der Waals surface area contributed by atoms with Crippen LogP contribution in [0.3, 0.4) is 0 Å². The molecular weight excluding hydrogens is 110 g/mol. The van der Waals surface area contributed by atoms with Crippen LogP contribution in [-0.2, 0) is 0 Å². The summed E-state index contributed by atoms with van der Waals surface area (Å²) in [5.74, 6) is 0. The number of allylic oxidation sites excluding steroid dienone is 1. The van der Waals surface area contributed by atoms with E-state index in [0.717, 1.165) is 6.54 Å². The van der Waals surface area contributed by atoms with Gasteiger partial charge in [-0.15, -0.1) is 0 Å². The Morgan fingerprint density at radius 2 is 2.44 bits per heavy atom. The van der Waals surface area contributed by atoms with Gasteiger partial charge in [0.2, 0.25) is 0 Å². The summed E-state index contributed by atoms with van der Waals surface area (Å²) in [6.45, 7) is 5.27. The molecule has 0 radical (unpaired) electrons. The van der Waals surface area contributed by atoms with Gasteiger partial charge in [-0.1, -0.05) is 12.5 Å². The van der Waals surface area contributed by atoms with E-state index in [4.69, 9.17) is 0 Å². The van der Waals surface area contributed by atoms with Gasteiger partial charge in [0.15, 0.2) is 0 Å². The normalized spacial score (nSPS) is 18.9. The van der Waals surface area contributed by atoms with Crippen molar-refractivity contribution < 1.29 is 0 Å². The summed E-state index contributed by atoms with van der Waals surface area (Å²) in [4.78, 5) is 4.27. The molecule has 0 saturated heterocycles. The van der Waals surface area contributed by atoms with Gasteiger partial charge in [0.05, 0.1) is 0 Å². The largest absolute Gasteiger partial charge is 0.290 e. The summed E-state index contributed by atoms with van der Waals surface area (Å²) in [6, 6.07) is 0. The Labute approximate surface area is 56.5 Å². The monoisotopic (exact) mass is 123 g/mol. The first kappa shape index (κ1) is 6.53. The number of dihydropyridines is 1. The number of nitrogens with zero attached hydrogens (tertiary/aromatic N) is 1. The number of aliphatic imine (C=N–C) groups is 1. The molecule has 0 fully saturated rings. The van der Waals surface area contributed by atoms with E-state index in [0.29, 0.717) is 0 Å². The van der Waals surface area contributed by atoms with Gasteiger partial charge in [-0.2, -0.15) is 0 Å². The van der Waals surface area contributed by atoms with Crippen molar-refractivity contribution >= 4 is 5.71 Å². The fourth-order valence-electron chi connectivity index (χ4n) is 1.07. The fourth-order valence-corrected chi connectivity index (χ4v) is 1.07. The molecule has 0 aromatic carbocycles. The van der Waals surface area contributed by atoms with Crippen LogP contribution in [0.2, 0.25) is 0 Å². The van der Waals surface area contributed by atoms with Crippen LogP contribution in [0.5, 0.6) is 0 Å². The molecule has 9 heavy (non-hydrogen) atoms. The van der Waals surface area contributed by atoms with Crippen molar-refractivity contribution in [1.29, 1.82) is 0 Å². The summed E-state index contributed by atoms with van der Waals surface area (Å²) in [5, 5.41) is 0. The van der Waals surface area contributed by atoms with Crippen molar-refractivity contribution in [3.8, 4) is 0 Å². The first-order valence-electron chi connectivity index (χ1n) is 3.53. The minimum Gasteiger partial charge on any atom is -0.290 e. The van der Waals surface area contributed by atoms with Crippen LogP contribution >= 0.6 is 0 Å². The quantitative estimate of drug-likeness (QED) is 0.507. The number of rotatable bonds is 1. The molecule has 0 amide bonds. The van der Waals surface area contributed by atoms with Crippen LogP contribution < -0.4 is 0 Å². The second-order valence-corrected chi connectivity index (χ2v) is 2.43. The van der Waals surface area contributed by atoms with Crippen molar-refractivity contribution in [2.45, 2.75) is 26.7 Å². The molecule has 0 saturated carbocycles. The van der Waals surface area contributed by atoms with E-state index in [9.17, 15) is 0 Å². The van der Waals surface area contributed by atoms with Crippen LogP contribution in [0.15, 0.2) is 16.6 Å². The van der Waals surface area contributed by atoms with Crippen LogP contribution in [0.1, 0.15) is 26.7 Å². The number of hydrogen-bond donors (Lipinski definition) is 0. The molecule has 0 bridgehead atoms. The maximum atomic E-state index is 4.27. The predicted octanol–water partition coefficient (Wildman–Crippen LogP) is 2.19. The Hall–Kier alpha value is -0.590. The predicted molar refractivity (Wildman–Crippen MR) is 41.0 cm³/mol. The molecule has 0 atom stereocenters. The van der Waals surface area contributed by atoms with E-state index in [1.165, 1.54) is 18.6 Å². The van der Waals surface area contributed by atoms with Crippen molar-refractivity contribution in [2.24, 2.45) is 4.99 Å².